The average Bonchev–Trinajstić information content (AvgIpc) is 2.57. The van der Waals surface area contributed by atoms with Crippen molar-refractivity contribution in [2.24, 2.45) is 0 Å². The molecule has 1 aromatic heterocycles. The van der Waals surface area contributed by atoms with Crippen molar-refractivity contribution in [3.05, 3.63) is 29.8 Å². The Morgan fingerprint density at radius 3 is 2.33 bits per heavy atom. The second kappa shape index (κ2) is 8.27. The van der Waals surface area contributed by atoms with Gasteiger partial charge < -0.3 is 15.4 Å². The van der Waals surface area contributed by atoms with E-state index < -0.39 is 30.5 Å². The molecule has 148 valence electrons. The van der Waals surface area contributed by atoms with Gasteiger partial charge in [0.05, 0.1) is 5.56 Å². The van der Waals surface area contributed by atoms with Gasteiger partial charge in [0.1, 0.15) is 0 Å². The van der Waals surface area contributed by atoms with Crippen LogP contribution < -0.4 is 15.4 Å². The quantitative estimate of drug-likeness (QED) is 0.678. The zero-order valence-electron chi connectivity index (χ0n) is 13.9. The molecule has 1 aromatic carbocycles. The van der Waals surface area contributed by atoms with Gasteiger partial charge in [-0.1, -0.05) is 13.0 Å². The molecule has 0 bridgehead atoms. The summed E-state index contributed by atoms with van der Waals surface area (Å²) in [6.07, 6.45) is -8.47. The summed E-state index contributed by atoms with van der Waals surface area (Å²) in [5, 5.41) is 5.26. The van der Waals surface area contributed by atoms with Crippen molar-refractivity contribution < 1.29 is 31.1 Å². The van der Waals surface area contributed by atoms with Gasteiger partial charge in [-0.2, -0.15) is 41.3 Å². The predicted molar refractivity (Wildman–Crippen MR) is 84.9 cm³/mol. The molecule has 0 aliphatic rings. The van der Waals surface area contributed by atoms with E-state index in [0.29, 0.717) is 13.0 Å². The second-order valence-corrected chi connectivity index (χ2v) is 5.30. The largest absolute Gasteiger partial charge is 0.454 e. The third kappa shape index (κ3) is 6.79. The molecule has 0 unspecified atom stereocenters. The SMILES string of the molecule is CCCNc1nc(Nc2cccc(C(F)(F)F)c2)nc(OCC(F)(F)F)n1. The first-order valence-electron chi connectivity index (χ1n) is 7.70. The molecule has 0 radical (unpaired) electrons. The van der Waals surface area contributed by atoms with Crippen molar-refractivity contribution in [2.45, 2.75) is 25.7 Å². The molecule has 0 atom stereocenters. The molecule has 0 aliphatic carbocycles. The highest BCUT2D eigenvalue weighted by atomic mass is 19.4. The number of rotatable bonds is 7. The maximum Gasteiger partial charge on any atom is 0.422 e. The van der Waals surface area contributed by atoms with Crippen molar-refractivity contribution in [1.82, 2.24) is 15.0 Å². The van der Waals surface area contributed by atoms with Crippen LogP contribution in [0, 0.1) is 0 Å². The molecule has 12 heteroatoms. The minimum absolute atomic E-state index is 0.000706. The first kappa shape index (κ1) is 20.5. The number of alkyl halides is 6. The molecule has 0 spiro atoms. The molecule has 0 fully saturated rings. The van der Waals surface area contributed by atoms with Gasteiger partial charge in [0.2, 0.25) is 11.9 Å². The molecule has 2 rings (SSSR count). The van der Waals surface area contributed by atoms with E-state index in [1.165, 1.54) is 12.1 Å². The number of hydrogen-bond donors (Lipinski definition) is 2. The Hall–Kier alpha value is -2.79. The summed E-state index contributed by atoms with van der Waals surface area (Å²) in [5.41, 5.74) is -0.904. The monoisotopic (exact) mass is 395 g/mol. The first-order valence-corrected chi connectivity index (χ1v) is 7.70. The molecule has 0 saturated heterocycles. The van der Waals surface area contributed by atoms with Crippen LogP contribution in [0.1, 0.15) is 18.9 Å². The lowest BCUT2D eigenvalue weighted by Gasteiger charge is -2.12. The van der Waals surface area contributed by atoms with Crippen molar-refractivity contribution in [2.75, 3.05) is 23.8 Å². The summed E-state index contributed by atoms with van der Waals surface area (Å²) in [5.74, 6) is -0.335. The summed E-state index contributed by atoms with van der Waals surface area (Å²) in [6.45, 7) is 0.649. The van der Waals surface area contributed by atoms with Gasteiger partial charge >= 0.3 is 18.4 Å². The Labute approximate surface area is 150 Å². The van der Waals surface area contributed by atoms with Crippen molar-refractivity contribution in [1.29, 1.82) is 0 Å². The number of hydrogen-bond acceptors (Lipinski definition) is 6. The fourth-order valence-electron chi connectivity index (χ4n) is 1.84. The van der Waals surface area contributed by atoms with E-state index in [0.717, 1.165) is 12.1 Å². The number of ether oxygens (including phenoxy) is 1. The lowest BCUT2D eigenvalue weighted by Crippen LogP contribution is -2.21. The maximum atomic E-state index is 12.8. The van der Waals surface area contributed by atoms with Crippen LogP contribution in [0.15, 0.2) is 24.3 Å². The number of halogens is 6. The number of nitrogens with zero attached hydrogens (tertiary/aromatic N) is 3. The Morgan fingerprint density at radius 2 is 1.70 bits per heavy atom. The third-order valence-corrected chi connectivity index (χ3v) is 2.96. The molecular formula is C15H15F6N5O. The second-order valence-electron chi connectivity index (χ2n) is 5.30. The molecule has 0 amide bonds. The number of nitrogens with one attached hydrogen (secondary N) is 2. The molecule has 27 heavy (non-hydrogen) atoms. The first-order chi connectivity index (χ1) is 12.6. The van der Waals surface area contributed by atoms with Crippen LogP contribution >= 0.6 is 0 Å². The third-order valence-electron chi connectivity index (χ3n) is 2.96. The van der Waals surface area contributed by atoms with Crippen LogP contribution in [-0.4, -0.2) is 34.3 Å². The van der Waals surface area contributed by atoms with E-state index in [2.05, 4.69) is 30.3 Å². The van der Waals surface area contributed by atoms with E-state index >= 15 is 0 Å². The molecule has 1 heterocycles. The van der Waals surface area contributed by atoms with Crippen LogP contribution in [0.4, 0.5) is 43.9 Å². The summed E-state index contributed by atoms with van der Waals surface area (Å²) in [6, 6.07) is 3.58. The standard InChI is InChI=1S/C15H15F6N5O/c1-2-6-22-11-24-12(26-13(25-11)27-8-14(16,17)18)23-10-5-3-4-9(7-10)15(19,20)21/h3-5,7H,2,6,8H2,1H3,(H2,22,23,24,25,26). The minimum Gasteiger partial charge on any atom is -0.454 e. The molecule has 2 aromatic rings. The van der Waals surface area contributed by atoms with Gasteiger partial charge in [0.15, 0.2) is 6.61 Å². The van der Waals surface area contributed by atoms with Gasteiger partial charge in [-0.3, -0.25) is 0 Å². The van der Waals surface area contributed by atoms with Crippen LogP contribution in [0.3, 0.4) is 0 Å². The zero-order chi connectivity index (χ0) is 20.1. The van der Waals surface area contributed by atoms with Crippen LogP contribution in [0.2, 0.25) is 0 Å². The highest BCUT2D eigenvalue weighted by Crippen LogP contribution is 2.31. The highest BCUT2D eigenvalue weighted by molar-refractivity contribution is 5.55. The van der Waals surface area contributed by atoms with Crippen molar-refractivity contribution >= 4 is 17.6 Å². The van der Waals surface area contributed by atoms with Gasteiger partial charge in [-0.15, -0.1) is 0 Å². The Kier molecular flexibility index (Phi) is 6.28. The predicted octanol–water partition coefficient (Wildman–Crippen LogP) is 4.40. The number of anilines is 3. The summed E-state index contributed by atoms with van der Waals surface area (Å²) in [4.78, 5) is 11.3. The van der Waals surface area contributed by atoms with E-state index in [-0.39, 0.29) is 17.6 Å². The number of benzene rings is 1. The smallest absolute Gasteiger partial charge is 0.422 e. The van der Waals surface area contributed by atoms with Crippen molar-refractivity contribution in [3.8, 4) is 6.01 Å². The summed E-state index contributed by atoms with van der Waals surface area (Å²) >= 11 is 0. The van der Waals surface area contributed by atoms with E-state index in [9.17, 15) is 26.3 Å². The zero-order valence-corrected chi connectivity index (χ0v) is 13.9. The van der Waals surface area contributed by atoms with Gasteiger partial charge in [-0.05, 0) is 24.6 Å². The summed E-state index contributed by atoms with van der Waals surface area (Å²) in [7, 11) is 0. The fourth-order valence-corrected chi connectivity index (χ4v) is 1.84. The molecule has 0 saturated carbocycles. The molecule has 0 aliphatic heterocycles. The lowest BCUT2D eigenvalue weighted by molar-refractivity contribution is -0.154. The fraction of sp³-hybridized carbons (Fsp3) is 0.400. The maximum absolute atomic E-state index is 12.8. The van der Waals surface area contributed by atoms with E-state index in [1.54, 1.807) is 0 Å². The van der Waals surface area contributed by atoms with Crippen molar-refractivity contribution in [3.63, 3.8) is 0 Å². The highest BCUT2D eigenvalue weighted by Gasteiger charge is 2.31. The lowest BCUT2D eigenvalue weighted by atomic mass is 10.2. The van der Waals surface area contributed by atoms with Crippen LogP contribution in [0.5, 0.6) is 6.01 Å². The Balaban J connectivity index is 2.26. The van der Waals surface area contributed by atoms with Gasteiger partial charge in [0.25, 0.3) is 0 Å². The van der Waals surface area contributed by atoms with Gasteiger partial charge in [-0.25, -0.2) is 0 Å². The average molecular weight is 395 g/mol. The van der Waals surface area contributed by atoms with Crippen LogP contribution in [-0.2, 0) is 6.18 Å². The number of aromatic nitrogens is 3. The summed E-state index contributed by atoms with van der Waals surface area (Å²) < 4.78 is 79.8. The molecule has 2 N–H and O–H groups in total. The van der Waals surface area contributed by atoms with Gasteiger partial charge in [0, 0.05) is 12.2 Å². The van der Waals surface area contributed by atoms with E-state index in [4.69, 9.17) is 0 Å². The molecular weight excluding hydrogens is 380 g/mol. The van der Waals surface area contributed by atoms with E-state index in [1.807, 2.05) is 6.92 Å². The normalized spacial score (nSPS) is 12.0. The molecule has 6 nitrogen and oxygen atoms in total. The Bertz CT molecular complexity index is 765. The van der Waals surface area contributed by atoms with Crippen LogP contribution in [0.25, 0.3) is 0 Å². The minimum atomic E-state index is -4.60. The topological polar surface area (TPSA) is 72.0 Å². The Morgan fingerprint density at radius 1 is 1.00 bits per heavy atom.